The molecule has 1 heterocycles. The molecule has 1 aromatic rings. The van der Waals surface area contributed by atoms with Crippen LogP contribution in [0.25, 0.3) is 0 Å². The van der Waals surface area contributed by atoms with Gasteiger partial charge in [0.05, 0.1) is 5.69 Å². The fourth-order valence-corrected chi connectivity index (χ4v) is 1.08. The molecule has 0 aliphatic heterocycles. The Bertz CT molecular complexity index is 245. The van der Waals surface area contributed by atoms with Gasteiger partial charge in [0.1, 0.15) is 0 Å². The molecule has 1 N–H and O–H groups in total. The Morgan fingerprint density at radius 3 is 2.83 bits per heavy atom. The number of hydrogen-bond donors (Lipinski definition) is 1. The van der Waals surface area contributed by atoms with Crippen LogP contribution in [0.1, 0.15) is 6.92 Å². The van der Waals surface area contributed by atoms with Gasteiger partial charge in [-0.15, -0.1) is 0 Å². The smallest absolute Gasteiger partial charge is 0.151 e. The molecule has 1 aromatic heterocycles. The standard InChI is InChI=1S/C9H15N3/c1-4-10-8-6-5-7-11-9(8)12(2)3/h5-7,10H,4H2,1-3H3. The van der Waals surface area contributed by atoms with Crippen molar-refractivity contribution in [1.29, 1.82) is 0 Å². The van der Waals surface area contributed by atoms with Crippen molar-refractivity contribution in [3.63, 3.8) is 0 Å². The molecule has 0 saturated heterocycles. The summed E-state index contributed by atoms with van der Waals surface area (Å²) in [6.07, 6.45) is 1.80. The summed E-state index contributed by atoms with van der Waals surface area (Å²) < 4.78 is 0. The van der Waals surface area contributed by atoms with E-state index in [9.17, 15) is 0 Å². The maximum absolute atomic E-state index is 4.26. The molecule has 0 aliphatic rings. The molecule has 3 heteroatoms. The number of hydrogen-bond acceptors (Lipinski definition) is 3. The molecule has 0 amide bonds. The molecule has 0 bridgehead atoms. The van der Waals surface area contributed by atoms with E-state index in [0.717, 1.165) is 18.1 Å². The first-order chi connectivity index (χ1) is 5.75. The molecular formula is C9H15N3. The Morgan fingerprint density at radius 1 is 1.50 bits per heavy atom. The first-order valence-electron chi connectivity index (χ1n) is 4.12. The number of nitrogens with one attached hydrogen (secondary N) is 1. The fraction of sp³-hybridized carbons (Fsp3) is 0.444. The average Bonchev–Trinajstić information content (AvgIpc) is 2.05. The highest BCUT2D eigenvalue weighted by Gasteiger charge is 2.02. The Balaban J connectivity index is 2.92. The van der Waals surface area contributed by atoms with E-state index in [1.165, 1.54) is 0 Å². The van der Waals surface area contributed by atoms with Crippen molar-refractivity contribution in [3.05, 3.63) is 18.3 Å². The average molecular weight is 165 g/mol. The van der Waals surface area contributed by atoms with Crippen LogP contribution < -0.4 is 10.2 Å². The van der Waals surface area contributed by atoms with Crippen molar-refractivity contribution in [1.82, 2.24) is 4.98 Å². The van der Waals surface area contributed by atoms with Crippen LogP contribution in [-0.2, 0) is 0 Å². The molecule has 0 unspecified atom stereocenters. The minimum atomic E-state index is 0.923. The van der Waals surface area contributed by atoms with E-state index in [4.69, 9.17) is 0 Å². The zero-order valence-electron chi connectivity index (χ0n) is 7.83. The summed E-state index contributed by atoms with van der Waals surface area (Å²) in [5.74, 6) is 0.986. The first kappa shape index (κ1) is 8.84. The van der Waals surface area contributed by atoms with E-state index in [1.54, 1.807) is 6.20 Å². The van der Waals surface area contributed by atoms with Gasteiger partial charge in [-0.1, -0.05) is 0 Å². The van der Waals surface area contributed by atoms with Crippen LogP contribution in [0.2, 0.25) is 0 Å². The van der Waals surface area contributed by atoms with Crippen LogP contribution in [0, 0.1) is 0 Å². The van der Waals surface area contributed by atoms with Gasteiger partial charge in [0, 0.05) is 26.8 Å². The number of rotatable bonds is 3. The Morgan fingerprint density at radius 2 is 2.25 bits per heavy atom. The lowest BCUT2D eigenvalue weighted by molar-refractivity contribution is 1.06. The third-order valence-corrected chi connectivity index (χ3v) is 1.58. The molecule has 1 rings (SSSR count). The molecule has 0 fully saturated rings. The van der Waals surface area contributed by atoms with Crippen molar-refractivity contribution in [3.8, 4) is 0 Å². The molecule has 0 aliphatic carbocycles. The fourth-order valence-electron chi connectivity index (χ4n) is 1.08. The van der Waals surface area contributed by atoms with Gasteiger partial charge in [0.2, 0.25) is 0 Å². The van der Waals surface area contributed by atoms with Crippen LogP contribution >= 0.6 is 0 Å². The monoisotopic (exact) mass is 165 g/mol. The van der Waals surface area contributed by atoms with Gasteiger partial charge in [-0.25, -0.2) is 4.98 Å². The summed E-state index contributed by atoms with van der Waals surface area (Å²) in [7, 11) is 3.98. The predicted octanol–water partition coefficient (Wildman–Crippen LogP) is 1.58. The quantitative estimate of drug-likeness (QED) is 0.737. The molecule has 0 spiro atoms. The normalized spacial score (nSPS) is 9.58. The van der Waals surface area contributed by atoms with E-state index < -0.39 is 0 Å². The molecule has 3 nitrogen and oxygen atoms in total. The van der Waals surface area contributed by atoms with E-state index in [-0.39, 0.29) is 0 Å². The zero-order valence-corrected chi connectivity index (χ0v) is 7.83. The van der Waals surface area contributed by atoms with Gasteiger partial charge in [-0.2, -0.15) is 0 Å². The van der Waals surface area contributed by atoms with Crippen molar-refractivity contribution >= 4 is 11.5 Å². The second-order valence-corrected chi connectivity index (χ2v) is 2.80. The third-order valence-electron chi connectivity index (χ3n) is 1.58. The van der Waals surface area contributed by atoms with Crippen LogP contribution in [0.15, 0.2) is 18.3 Å². The Labute approximate surface area is 73.4 Å². The summed E-state index contributed by atoms with van der Waals surface area (Å²) >= 11 is 0. The largest absolute Gasteiger partial charge is 0.382 e. The summed E-state index contributed by atoms with van der Waals surface area (Å²) in [6, 6.07) is 3.97. The first-order valence-corrected chi connectivity index (χ1v) is 4.12. The number of nitrogens with zero attached hydrogens (tertiary/aromatic N) is 2. The molecule has 0 saturated carbocycles. The molecular weight excluding hydrogens is 150 g/mol. The van der Waals surface area contributed by atoms with Gasteiger partial charge in [-0.3, -0.25) is 0 Å². The van der Waals surface area contributed by atoms with Gasteiger partial charge in [-0.05, 0) is 19.1 Å². The highest BCUT2D eigenvalue weighted by Crippen LogP contribution is 2.19. The number of anilines is 2. The maximum atomic E-state index is 4.26. The third kappa shape index (κ3) is 1.87. The second kappa shape index (κ2) is 3.95. The number of pyridine rings is 1. The number of aromatic nitrogens is 1. The lowest BCUT2D eigenvalue weighted by Crippen LogP contribution is -2.13. The minimum absolute atomic E-state index is 0.923. The second-order valence-electron chi connectivity index (χ2n) is 2.80. The van der Waals surface area contributed by atoms with Gasteiger partial charge >= 0.3 is 0 Å². The molecule has 0 radical (unpaired) electrons. The predicted molar refractivity (Wildman–Crippen MR) is 52.7 cm³/mol. The highest BCUT2D eigenvalue weighted by atomic mass is 15.2. The molecule has 66 valence electrons. The van der Waals surface area contributed by atoms with Gasteiger partial charge < -0.3 is 10.2 Å². The van der Waals surface area contributed by atoms with E-state index in [0.29, 0.717) is 0 Å². The Kier molecular flexibility index (Phi) is 2.91. The van der Waals surface area contributed by atoms with Gasteiger partial charge in [0.25, 0.3) is 0 Å². The van der Waals surface area contributed by atoms with E-state index in [1.807, 2.05) is 31.1 Å². The van der Waals surface area contributed by atoms with E-state index >= 15 is 0 Å². The van der Waals surface area contributed by atoms with Crippen LogP contribution in [0.5, 0.6) is 0 Å². The van der Waals surface area contributed by atoms with Crippen molar-refractivity contribution in [2.24, 2.45) is 0 Å². The molecule has 12 heavy (non-hydrogen) atoms. The highest BCUT2D eigenvalue weighted by molar-refractivity contribution is 5.64. The van der Waals surface area contributed by atoms with Crippen molar-refractivity contribution in [2.75, 3.05) is 30.9 Å². The van der Waals surface area contributed by atoms with Crippen LogP contribution in [0.4, 0.5) is 11.5 Å². The van der Waals surface area contributed by atoms with Crippen molar-refractivity contribution < 1.29 is 0 Å². The van der Waals surface area contributed by atoms with Crippen molar-refractivity contribution in [2.45, 2.75) is 6.92 Å². The summed E-state index contributed by atoms with van der Waals surface area (Å²) in [4.78, 5) is 6.26. The zero-order chi connectivity index (χ0) is 8.97. The molecule has 0 atom stereocenters. The van der Waals surface area contributed by atoms with Crippen LogP contribution in [-0.4, -0.2) is 25.6 Å². The van der Waals surface area contributed by atoms with Crippen LogP contribution in [0.3, 0.4) is 0 Å². The maximum Gasteiger partial charge on any atom is 0.151 e. The Hall–Kier alpha value is -1.25. The van der Waals surface area contributed by atoms with Gasteiger partial charge in [0.15, 0.2) is 5.82 Å². The SMILES string of the molecule is CCNc1cccnc1N(C)C. The summed E-state index contributed by atoms with van der Waals surface area (Å²) in [5.41, 5.74) is 1.09. The molecule has 0 aromatic carbocycles. The summed E-state index contributed by atoms with van der Waals surface area (Å²) in [5, 5.41) is 3.25. The summed E-state index contributed by atoms with van der Waals surface area (Å²) in [6.45, 7) is 3.00. The van der Waals surface area contributed by atoms with E-state index in [2.05, 4.69) is 17.2 Å². The lowest BCUT2D eigenvalue weighted by atomic mass is 10.3. The lowest BCUT2D eigenvalue weighted by Gasteiger charge is -2.15. The topological polar surface area (TPSA) is 28.2 Å². The minimum Gasteiger partial charge on any atom is -0.382 e.